The lowest BCUT2D eigenvalue weighted by Crippen LogP contribution is -2.54. The summed E-state index contributed by atoms with van der Waals surface area (Å²) in [6, 6.07) is 0.163. The summed E-state index contributed by atoms with van der Waals surface area (Å²) >= 11 is 0. The summed E-state index contributed by atoms with van der Waals surface area (Å²) in [5.41, 5.74) is 5.42. The molecule has 1 fully saturated rings. The third kappa shape index (κ3) is 4.61. The van der Waals surface area contributed by atoms with Crippen LogP contribution in [0.5, 0.6) is 0 Å². The molecule has 1 heterocycles. The van der Waals surface area contributed by atoms with Gasteiger partial charge < -0.3 is 15.8 Å². The molecule has 1 aliphatic heterocycles. The summed E-state index contributed by atoms with van der Waals surface area (Å²) in [5.74, 6) is -0.264. The second-order valence-corrected chi connectivity index (χ2v) is 4.54. The summed E-state index contributed by atoms with van der Waals surface area (Å²) in [5, 5.41) is 3.20. The van der Waals surface area contributed by atoms with Gasteiger partial charge >= 0.3 is 0 Å². The number of hydrogen-bond acceptors (Lipinski definition) is 4. The Labute approximate surface area is 104 Å². The Morgan fingerprint density at radius 3 is 2.94 bits per heavy atom. The summed E-state index contributed by atoms with van der Waals surface area (Å²) in [7, 11) is 0. The number of hydrogen-bond donors (Lipinski definition) is 2. The Kier molecular flexibility index (Phi) is 6.47. The van der Waals surface area contributed by atoms with E-state index in [0.29, 0.717) is 12.6 Å². The number of morpholine rings is 1. The van der Waals surface area contributed by atoms with Gasteiger partial charge in [0.25, 0.3) is 0 Å². The highest BCUT2D eigenvalue weighted by atomic mass is 16.5. The SMILES string of the molecule is CCCNC(CN1CCOCC1CC)C(N)=O. The normalized spacial score (nSPS) is 23.5. The van der Waals surface area contributed by atoms with E-state index in [4.69, 9.17) is 10.5 Å². The number of carbonyl (C=O) groups excluding carboxylic acids is 1. The molecule has 0 saturated carbocycles. The van der Waals surface area contributed by atoms with E-state index in [1.165, 1.54) is 0 Å². The number of nitrogens with two attached hydrogens (primary N) is 1. The van der Waals surface area contributed by atoms with E-state index >= 15 is 0 Å². The van der Waals surface area contributed by atoms with Crippen LogP contribution in [0.4, 0.5) is 0 Å². The Morgan fingerprint density at radius 1 is 1.59 bits per heavy atom. The fourth-order valence-electron chi connectivity index (χ4n) is 2.11. The number of nitrogens with one attached hydrogen (secondary N) is 1. The highest BCUT2D eigenvalue weighted by Gasteiger charge is 2.26. The maximum absolute atomic E-state index is 11.4. The molecule has 5 nitrogen and oxygen atoms in total. The monoisotopic (exact) mass is 243 g/mol. The summed E-state index contributed by atoms with van der Waals surface area (Å²) < 4.78 is 5.45. The van der Waals surface area contributed by atoms with Crippen molar-refractivity contribution in [1.29, 1.82) is 0 Å². The molecule has 0 aromatic rings. The van der Waals surface area contributed by atoms with Crippen LogP contribution in [0.25, 0.3) is 0 Å². The molecule has 0 aromatic heterocycles. The van der Waals surface area contributed by atoms with Gasteiger partial charge in [0.05, 0.1) is 19.3 Å². The molecule has 1 amide bonds. The van der Waals surface area contributed by atoms with Gasteiger partial charge in [0.15, 0.2) is 0 Å². The molecule has 17 heavy (non-hydrogen) atoms. The summed E-state index contributed by atoms with van der Waals surface area (Å²) in [6.45, 7) is 8.13. The minimum absolute atomic E-state index is 0.248. The van der Waals surface area contributed by atoms with Crippen LogP contribution in [-0.4, -0.2) is 55.7 Å². The minimum atomic E-state index is -0.264. The number of carbonyl (C=O) groups is 1. The van der Waals surface area contributed by atoms with Crippen LogP contribution in [0.1, 0.15) is 26.7 Å². The predicted molar refractivity (Wildman–Crippen MR) is 67.7 cm³/mol. The maximum atomic E-state index is 11.4. The molecular weight excluding hydrogens is 218 g/mol. The van der Waals surface area contributed by atoms with E-state index in [-0.39, 0.29) is 11.9 Å². The first kappa shape index (κ1) is 14.4. The summed E-state index contributed by atoms with van der Waals surface area (Å²) in [4.78, 5) is 13.7. The lowest BCUT2D eigenvalue weighted by atomic mass is 10.1. The molecular formula is C12H25N3O2. The second kappa shape index (κ2) is 7.63. The first-order valence-corrected chi connectivity index (χ1v) is 6.53. The molecule has 100 valence electrons. The number of amides is 1. The van der Waals surface area contributed by atoms with Gasteiger partial charge in [-0.25, -0.2) is 0 Å². The van der Waals surface area contributed by atoms with Crippen molar-refractivity contribution in [3.63, 3.8) is 0 Å². The average molecular weight is 243 g/mol. The van der Waals surface area contributed by atoms with Gasteiger partial charge in [0.2, 0.25) is 5.91 Å². The van der Waals surface area contributed by atoms with Gasteiger partial charge in [-0.15, -0.1) is 0 Å². The lowest BCUT2D eigenvalue weighted by Gasteiger charge is -2.36. The van der Waals surface area contributed by atoms with Crippen molar-refractivity contribution < 1.29 is 9.53 Å². The van der Waals surface area contributed by atoms with Gasteiger partial charge in [-0.2, -0.15) is 0 Å². The fraction of sp³-hybridized carbons (Fsp3) is 0.917. The van der Waals surface area contributed by atoms with Crippen LogP contribution in [-0.2, 0) is 9.53 Å². The minimum Gasteiger partial charge on any atom is -0.378 e. The van der Waals surface area contributed by atoms with E-state index in [0.717, 1.165) is 39.1 Å². The Bertz CT molecular complexity index is 236. The molecule has 0 aliphatic carbocycles. The van der Waals surface area contributed by atoms with Crippen molar-refractivity contribution in [1.82, 2.24) is 10.2 Å². The third-order valence-corrected chi connectivity index (χ3v) is 3.22. The molecule has 0 radical (unpaired) electrons. The molecule has 2 atom stereocenters. The van der Waals surface area contributed by atoms with Crippen LogP contribution in [0, 0.1) is 0 Å². The zero-order valence-electron chi connectivity index (χ0n) is 10.9. The van der Waals surface area contributed by atoms with Crippen LogP contribution in [0.15, 0.2) is 0 Å². The predicted octanol–water partition coefficient (Wildman–Crippen LogP) is -0.0493. The van der Waals surface area contributed by atoms with E-state index in [1.807, 2.05) is 0 Å². The Balaban J connectivity index is 2.48. The second-order valence-electron chi connectivity index (χ2n) is 4.54. The highest BCUT2D eigenvalue weighted by molar-refractivity contribution is 5.80. The van der Waals surface area contributed by atoms with Crippen molar-refractivity contribution in [2.45, 2.75) is 38.8 Å². The molecule has 5 heteroatoms. The average Bonchev–Trinajstić information content (AvgIpc) is 2.34. The smallest absolute Gasteiger partial charge is 0.235 e. The third-order valence-electron chi connectivity index (χ3n) is 3.22. The van der Waals surface area contributed by atoms with Crippen LogP contribution in [0.2, 0.25) is 0 Å². The van der Waals surface area contributed by atoms with E-state index in [2.05, 4.69) is 24.1 Å². The molecule has 1 saturated heterocycles. The molecule has 0 spiro atoms. The van der Waals surface area contributed by atoms with Gasteiger partial charge in [0.1, 0.15) is 0 Å². The number of ether oxygens (including phenoxy) is 1. The quantitative estimate of drug-likeness (QED) is 0.658. The molecule has 0 aromatic carbocycles. The van der Waals surface area contributed by atoms with E-state index in [1.54, 1.807) is 0 Å². The van der Waals surface area contributed by atoms with E-state index < -0.39 is 0 Å². The van der Waals surface area contributed by atoms with Crippen molar-refractivity contribution in [2.75, 3.05) is 32.8 Å². The van der Waals surface area contributed by atoms with Crippen LogP contribution >= 0.6 is 0 Å². The fourth-order valence-corrected chi connectivity index (χ4v) is 2.11. The Morgan fingerprint density at radius 2 is 2.35 bits per heavy atom. The number of primary amides is 1. The Hall–Kier alpha value is -0.650. The van der Waals surface area contributed by atoms with Crippen LogP contribution in [0.3, 0.4) is 0 Å². The largest absolute Gasteiger partial charge is 0.378 e. The zero-order chi connectivity index (χ0) is 12.7. The maximum Gasteiger partial charge on any atom is 0.235 e. The lowest BCUT2D eigenvalue weighted by molar-refractivity contribution is -0.121. The molecule has 1 aliphatic rings. The van der Waals surface area contributed by atoms with Crippen molar-refractivity contribution in [3.05, 3.63) is 0 Å². The number of rotatable bonds is 7. The van der Waals surface area contributed by atoms with Crippen molar-refractivity contribution in [3.8, 4) is 0 Å². The molecule has 1 rings (SSSR count). The van der Waals surface area contributed by atoms with Gasteiger partial charge in [-0.05, 0) is 19.4 Å². The molecule has 3 N–H and O–H groups in total. The van der Waals surface area contributed by atoms with Gasteiger partial charge in [0, 0.05) is 19.1 Å². The van der Waals surface area contributed by atoms with E-state index in [9.17, 15) is 4.79 Å². The topological polar surface area (TPSA) is 67.6 Å². The first-order valence-electron chi connectivity index (χ1n) is 6.53. The van der Waals surface area contributed by atoms with Crippen molar-refractivity contribution in [2.24, 2.45) is 5.73 Å². The summed E-state index contributed by atoms with van der Waals surface area (Å²) in [6.07, 6.45) is 2.04. The molecule has 0 bridgehead atoms. The first-order chi connectivity index (χ1) is 8.19. The standard InChI is InChI=1S/C12H25N3O2/c1-3-5-14-11(12(13)16)8-15-6-7-17-9-10(15)4-2/h10-11,14H,3-9H2,1-2H3,(H2,13,16). The van der Waals surface area contributed by atoms with Crippen LogP contribution < -0.4 is 11.1 Å². The zero-order valence-corrected chi connectivity index (χ0v) is 10.9. The highest BCUT2D eigenvalue weighted by Crippen LogP contribution is 2.10. The van der Waals surface area contributed by atoms with Gasteiger partial charge in [-0.1, -0.05) is 13.8 Å². The molecule has 2 unspecified atom stereocenters. The van der Waals surface area contributed by atoms with Gasteiger partial charge in [-0.3, -0.25) is 9.69 Å². The van der Waals surface area contributed by atoms with Crippen molar-refractivity contribution >= 4 is 5.91 Å². The number of nitrogens with zero attached hydrogens (tertiary/aromatic N) is 1.